The number of benzene rings is 1. The van der Waals surface area contributed by atoms with Crippen LogP contribution in [-0.4, -0.2) is 25.4 Å². The Labute approximate surface area is 113 Å². The molecular formula is C14H21FN2O2. The van der Waals surface area contributed by atoms with Crippen molar-refractivity contribution in [2.45, 2.75) is 32.9 Å². The van der Waals surface area contributed by atoms with Gasteiger partial charge >= 0.3 is 6.03 Å². The lowest BCUT2D eigenvalue weighted by molar-refractivity contribution is 0.217. The zero-order chi connectivity index (χ0) is 14.1. The van der Waals surface area contributed by atoms with Crippen LogP contribution in [0.5, 0.6) is 5.75 Å². The van der Waals surface area contributed by atoms with E-state index in [9.17, 15) is 9.18 Å². The molecule has 0 aliphatic rings. The molecule has 0 aromatic heterocycles. The third-order valence-electron chi connectivity index (χ3n) is 2.67. The lowest BCUT2D eigenvalue weighted by Gasteiger charge is -2.13. The van der Waals surface area contributed by atoms with Gasteiger partial charge in [0.25, 0.3) is 0 Å². The van der Waals surface area contributed by atoms with Crippen molar-refractivity contribution < 1.29 is 13.9 Å². The number of halogens is 1. The van der Waals surface area contributed by atoms with Gasteiger partial charge in [0.15, 0.2) is 0 Å². The highest BCUT2D eigenvalue weighted by Gasteiger charge is 2.02. The second kappa shape index (κ2) is 8.34. The largest absolute Gasteiger partial charge is 0.491 e. The van der Waals surface area contributed by atoms with Gasteiger partial charge in [-0.2, -0.15) is 0 Å². The Morgan fingerprint density at radius 2 is 2.00 bits per heavy atom. The highest BCUT2D eigenvalue weighted by Crippen LogP contribution is 2.14. The van der Waals surface area contributed by atoms with Gasteiger partial charge in [-0.15, -0.1) is 0 Å². The Morgan fingerprint density at radius 1 is 1.32 bits per heavy atom. The molecule has 0 saturated heterocycles. The van der Waals surface area contributed by atoms with Gasteiger partial charge in [-0.3, -0.25) is 0 Å². The molecule has 0 aliphatic heterocycles. The third-order valence-corrected chi connectivity index (χ3v) is 2.67. The Hall–Kier alpha value is -1.78. The van der Waals surface area contributed by atoms with E-state index in [1.165, 1.54) is 0 Å². The van der Waals surface area contributed by atoms with Gasteiger partial charge in [0.1, 0.15) is 12.4 Å². The quantitative estimate of drug-likeness (QED) is 0.798. The van der Waals surface area contributed by atoms with Crippen LogP contribution < -0.4 is 15.4 Å². The van der Waals surface area contributed by atoms with E-state index in [0.29, 0.717) is 6.54 Å². The van der Waals surface area contributed by atoms with Gasteiger partial charge in [-0.1, -0.05) is 19.1 Å². The zero-order valence-corrected chi connectivity index (χ0v) is 11.4. The molecule has 106 valence electrons. The number of hydrogen-bond acceptors (Lipinski definition) is 2. The molecule has 0 unspecified atom stereocenters. The lowest BCUT2D eigenvalue weighted by Crippen LogP contribution is -2.36. The topological polar surface area (TPSA) is 50.4 Å². The molecule has 4 nitrogen and oxygen atoms in total. The second-order valence-corrected chi connectivity index (χ2v) is 4.28. The van der Waals surface area contributed by atoms with Gasteiger partial charge in [-0.25, -0.2) is 9.18 Å². The van der Waals surface area contributed by atoms with Crippen LogP contribution in [0.2, 0.25) is 0 Å². The molecule has 1 rings (SSSR count). The van der Waals surface area contributed by atoms with E-state index in [-0.39, 0.29) is 18.7 Å². The van der Waals surface area contributed by atoms with Crippen LogP contribution in [-0.2, 0) is 6.54 Å². The summed E-state index contributed by atoms with van der Waals surface area (Å²) in [5.41, 5.74) is 0.965. The molecule has 0 radical (unpaired) electrons. The number of hydrogen-bond donors (Lipinski definition) is 2. The molecule has 1 atom stereocenters. The van der Waals surface area contributed by atoms with Crippen LogP contribution in [0.1, 0.15) is 25.8 Å². The Kier molecular flexibility index (Phi) is 6.71. The second-order valence-electron chi connectivity index (χ2n) is 4.28. The van der Waals surface area contributed by atoms with Gasteiger partial charge in [0, 0.05) is 13.1 Å². The highest BCUT2D eigenvalue weighted by molar-refractivity contribution is 5.73. The van der Waals surface area contributed by atoms with Crippen molar-refractivity contribution in [3.8, 4) is 5.75 Å². The number of amides is 2. The van der Waals surface area contributed by atoms with E-state index in [4.69, 9.17) is 4.74 Å². The number of nitrogens with one attached hydrogen (secondary N) is 2. The number of carbonyl (C=O) groups excluding carboxylic acids is 1. The first kappa shape index (κ1) is 15.3. The molecule has 2 N–H and O–H groups in total. The molecule has 0 fully saturated rings. The Bertz CT molecular complexity index is 382. The summed E-state index contributed by atoms with van der Waals surface area (Å²) in [6, 6.07) is 7.18. The minimum Gasteiger partial charge on any atom is -0.491 e. The number of ether oxygens (including phenoxy) is 1. The van der Waals surface area contributed by atoms with E-state index >= 15 is 0 Å². The molecule has 0 heterocycles. The Morgan fingerprint density at radius 3 is 2.58 bits per heavy atom. The summed E-state index contributed by atoms with van der Waals surface area (Å²) in [5.74, 6) is 0.819. The minimum absolute atomic E-state index is 0.0352. The van der Waals surface area contributed by atoms with E-state index in [1.54, 1.807) is 0 Å². The van der Waals surface area contributed by atoms with Gasteiger partial charge in [0.2, 0.25) is 0 Å². The fourth-order valence-electron chi connectivity index (χ4n) is 1.41. The molecule has 2 amide bonds. The maximum Gasteiger partial charge on any atom is 0.315 e. The molecule has 0 saturated carbocycles. The van der Waals surface area contributed by atoms with Crippen molar-refractivity contribution in [2.75, 3.05) is 13.2 Å². The lowest BCUT2D eigenvalue weighted by atomic mass is 10.2. The van der Waals surface area contributed by atoms with Crippen LogP contribution in [0.25, 0.3) is 0 Å². The zero-order valence-electron chi connectivity index (χ0n) is 11.4. The van der Waals surface area contributed by atoms with Crippen molar-refractivity contribution >= 4 is 6.03 Å². The van der Waals surface area contributed by atoms with Crippen molar-refractivity contribution in [3.05, 3.63) is 29.8 Å². The summed E-state index contributed by atoms with van der Waals surface area (Å²) in [7, 11) is 0. The van der Waals surface area contributed by atoms with Gasteiger partial charge < -0.3 is 15.4 Å². The molecule has 0 spiro atoms. The molecule has 19 heavy (non-hydrogen) atoms. The van der Waals surface area contributed by atoms with Crippen molar-refractivity contribution in [2.24, 2.45) is 0 Å². The summed E-state index contributed by atoms with van der Waals surface area (Å²) in [4.78, 5) is 11.2. The van der Waals surface area contributed by atoms with Crippen LogP contribution in [0.4, 0.5) is 9.18 Å². The van der Waals surface area contributed by atoms with Gasteiger partial charge in [-0.05, 0) is 31.0 Å². The third kappa shape index (κ3) is 6.08. The predicted molar refractivity (Wildman–Crippen MR) is 73.0 cm³/mol. The molecular weight excluding hydrogens is 247 g/mol. The first-order chi connectivity index (χ1) is 9.15. The van der Waals surface area contributed by atoms with E-state index < -0.39 is 6.67 Å². The van der Waals surface area contributed by atoms with E-state index in [0.717, 1.165) is 17.7 Å². The minimum atomic E-state index is -0.560. The summed E-state index contributed by atoms with van der Waals surface area (Å²) >= 11 is 0. The standard InChI is InChI=1S/C14H21FN2O2/c1-3-11(2)19-13-6-4-12(5-7-13)10-17-14(18)16-9-8-15/h4-7,11H,3,8-10H2,1-2H3,(H2,16,17,18)/t11-/m0/s1. The number of urea groups is 1. The van der Waals surface area contributed by atoms with E-state index in [2.05, 4.69) is 17.6 Å². The van der Waals surface area contributed by atoms with Crippen molar-refractivity contribution in [1.29, 1.82) is 0 Å². The number of alkyl halides is 1. The van der Waals surface area contributed by atoms with Crippen LogP contribution in [0, 0.1) is 0 Å². The number of carbonyl (C=O) groups is 1. The first-order valence-corrected chi connectivity index (χ1v) is 6.49. The highest BCUT2D eigenvalue weighted by atomic mass is 19.1. The molecule has 5 heteroatoms. The smallest absolute Gasteiger partial charge is 0.315 e. The van der Waals surface area contributed by atoms with Crippen LogP contribution in [0.3, 0.4) is 0 Å². The molecule has 1 aromatic rings. The monoisotopic (exact) mass is 268 g/mol. The maximum atomic E-state index is 11.8. The predicted octanol–water partition coefficient (Wildman–Crippen LogP) is 2.63. The molecule has 1 aromatic carbocycles. The molecule has 0 aliphatic carbocycles. The Balaban J connectivity index is 2.37. The summed E-state index contributed by atoms with van der Waals surface area (Å²) in [6.07, 6.45) is 1.15. The first-order valence-electron chi connectivity index (χ1n) is 6.49. The van der Waals surface area contributed by atoms with E-state index in [1.807, 2.05) is 31.2 Å². The number of rotatable bonds is 7. The summed E-state index contributed by atoms with van der Waals surface area (Å²) in [6.45, 7) is 3.97. The van der Waals surface area contributed by atoms with Crippen LogP contribution in [0.15, 0.2) is 24.3 Å². The maximum absolute atomic E-state index is 11.8. The fourth-order valence-corrected chi connectivity index (χ4v) is 1.41. The van der Waals surface area contributed by atoms with Crippen molar-refractivity contribution in [1.82, 2.24) is 10.6 Å². The summed E-state index contributed by atoms with van der Waals surface area (Å²) < 4.78 is 17.5. The van der Waals surface area contributed by atoms with Gasteiger partial charge in [0.05, 0.1) is 6.10 Å². The normalized spacial score (nSPS) is 11.7. The SMILES string of the molecule is CC[C@H](C)Oc1ccc(CNC(=O)NCCF)cc1. The van der Waals surface area contributed by atoms with Crippen molar-refractivity contribution in [3.63, 3.8) is 0 Å². The average molecular weight is 268 g/mol. The molecule has 0 bridgehead atoms. The summed E-state index contributed by atoms with van der Waals surface area (Å²) in [5, 5.41) is 5.05. The van der Waals surface area contributed by atoms with Crippen LogP contribution >= 0.6 is 0 Å². The average Bonchev–Trinajstić information content (AvgIpc) is 2.44. The fraction of sp³-hybridized carbons (Fsp3) is 0.500.